The monoisotopic (exact) mass is 414 g/mol. The maximum Gasteiger partial charge on any atom is 0.260 e. The number of unbranched alkanes of at least 4 members (excludes halogenated alkanes) is 2. The Kier molecular flexibility index (Phi) is 6.26. The average Bonchev–Trinajstić information content (AvgIpc) is 3.20. The number of carbonyl (C=O) groups excluding carboxylic acids is 1. The number of hydrogen-bond acceptors (Lipinski definition) is 3. The molecule has 6 heteroatoms. The second-order valence-corrected chi connectivity index (χ2v) is 7.61. The van der Waals surface area contributed by atoms with Crippen LogP contribution in [0.25, 0.3) is 27.8 Å². The van der Waals surface area contributed by atoms with E-state index in [2.05, 4.69) is 22.2 Å². The average molecular weight is 415 g/mol. The number of para-hydroxylation sites is 1. The first-order valence-corrected chi connectivity index (χ1v) is 10.7. The Bertz CT molecular complexity index is 1220. The van der Waals surface area contributed by atoms with Gasteiger partial charge in [0.15, 0.2) is 5.65 Å². The molecular weight excluding hydrogens is 388 g/mol. The Labute approximate surface area is 181 Å². The minimum absolute atomic E-state index is 0.0843. The van der Waals surface area contributed by atoms with Crippen molar-refractivity contribution in [1.29, 1.82) is 0 Å². The van der Waals surface area contributed by atoms with Crippen LogP contribution in [0.5, 0.6) is 0 Å². The molecule has 0 saturated carbocycles. The highest BCUT2D eigenvalue weighted by atomic mass is 16.1. The van der Waals surface area contributed by atoms with Crippen molar-refractivity contribution >= 4 is 16.9 Å². The molecule has 2 aromatic carbocycles. The van der Waals surface area contributed by atoms with Crippen molar-refractivity contribution in [1.82, 2.24) is 19.9 Å². The predicted octanol–water partition coefficient (Wildman–Crippen LogP) is 4.58. The summed E-state index contributed by atoms with van der Waals surface area (Å²) in [6.07, 6.45) is 7.06. The maximum atomic E-state index is 12.6. The summed E-state index contributed by atoms with van der Waals surface area (Å²) in [5.74, 6) is 0.0843. The summed E-state index contributed by atoms with van der Waals surface area (Å²) in [5, 5.41) is 3.53. The third-order valence-electron chi connectivity index (χ3n) is 5.39. The fourth-order valence-corrected chi connectivity index (χ4v) is 3.70. The van der Waals surface area contributed by atoms with Gasteiger partial charge in [-0.2, -0.15) is 0 Å². The lowest BCUT2D eigenvalue weighted by Crippen LogP contribution is -2.22. The fraction of sp³-hybridized carbons (Fsp3) is 0.240. The number of rotatable bonds is 8. The molecule has 0 aliphatic carbocycles. The van der Waals surface area contributed by atoms with Gasteiger partial charge in [0.25, 0.3) is 5.56 Å². The summed E-state index contributed by atoms with van der Waals surface area (Å²) in [5.41, 5.74) is 4.16. The Morgan fingerprint density at radius 3 is 2.58 bits per heavy atom. The number of amides is 1. The molecule has 2 aromatic heterocycles. The minimum atomic E-state index is -0.168. The molecule has 6 nitrogen and oxygen atoms in total. The molecule has 0 aliphatic rings. The highest BCUT2D eigenvalue weighted by molar-refractivity contribution is 5.94. The topological polar surface area (TPSA) is 79.8 Å². The molecule has 4 aromatic rings. The number of hydrogen-bond donors (Lipinski definition) is 2. The van der Waals surface area contributed by atoms with Crippen LogP contribution in [0.1, 0.15) is 38.2 Å². The van der Waals surface area contributed by atoms with Gasteiger partial charge in [0.05, 0.1) is 11.7 Å². The molecule has 158 valence electrons. The largest absolute Gasteiger partial charge is 0.352 e. The third kappa shape index (κ3) is 4.58. The third-order valence-corrected chi connectivity index (χ3v) is 5.39. The molecule has 0 aliphatic heterocycles. The van der Waals surface area contributed by atoms with E-state index in [0.717, 1.165) is 41.6 Å². The van der Waals surface area contributed by atoms with Crippen molar-refractivity contribution in [3.8, 4) is 16.8 Å². The molecule has 0 fully saturated rings. The second-order valence-electron chi connectivity index (χ2n) is 7.61. The number of nitrogens with zero attached hydrogens (tertiary/aromatic N) is 2. The molecule has 0 radical (unpaired) electrons. The van der Waals surface area contributed by atoms with E-state index in [1.807, 2.05) is 65.4 Å². The summed E-state index contributed by atoms with van der Waals surface area (Å²) in [6.45, 7) is 2.62. The van der Waals surface area contributed by atoms with Crippen LogP contribution in [-0.4, -0.2) is 20.4 Å². The van der Waals surface area contributed by atoms with E-state index < -0.39 is 0 Å². The maximum absolute atomic E-state index is 12.6. The van der Waals surface area contributed by atoms with Crippen molar-refractivity contribution in [2.45, 2.75) is 39.2 Å². The molecule has 2 N–H and O–H groups in total. The molecule has 0 bridgehead atoms. The van der Waals surface area contributed by atoms with Crippen molar-refractivity contribution in [2.24, 2.45) is 0 Å². The molecule has 0 saturated heterocycles. The highest BCUT2D eigenvalue weighted by Crippen LogP contribution is 2.29. The number of benzene rings is 2. The summed E-state index contributed by atoms with van der Waals surface area (Å²) in [7, 11) is 0. The SMILES string of the molecule is CCCCCC(=O)NCc1ccc(-c2cn(-c3ccccc3)c3nc[nH]c(=O)c23)cc1. The van der Waals surface area contributed by atoms with Gasteiger partial charge >= 0.3 is 0 Å². The van der Waals surface area contributed by atoms with E-state index in [1.165, 1.54) is 6.33 Å². The first kappa shape index (κ1) is 20.6. The lowest BCUT2D eigenvalue weighted by molar-refractivity contribution is -0.121. The fourth-order valence-electron chi connectivity index (χ4n) is 3.70. The highest BCUT2D eigenvalue weighted by Gasteiger charge is 2.15. The van der Waals surface area contributed by atoms with Gasteiger partial charge in [-0.1, -0.05) is 62.2 Å². The predicted molar refractivity (Wildman–Crippen MR) is 123 cm³/mol. The van der Waals surface area contributed by atoms with Gasteiger partial charge in [0.2, 0.25) is 5.91 Å². The molecule has 1 amide bonds. The van der Waals surface area contributed by atoms with Crippen LogP contribution in [0.2, 0.25) is 0 Å². The molecule has 0 unspecified atom stereocenters. The van der Waals surface area contributed by atoms with Gasteiger partial charge in [0.1, 0.15) is 0 Å². The van der Waals surface area contributed by atoms with Crippen LogP contribution in [-0.2, 0) is 11.3 Å². The van der Waals surface area contributed by atoms with Crippen molar-refractivity contribution in [2.75, 3.05) is 0 Å². The Morgan fingerprint density at radius 1 is 1.06 bits per heavy atom. The Morgan fingerprint density at radius 2 is 1.84 bits per heavy atom. The second kappa shape index (κ2) is 9.43. The summed E-state index contributed by atoms with van der Waals surface area (Å²) < 4.78 is 1.93. The van der Waals surface area contributed by atoms with Gasteiger partial charge < -0.3 is 14.9 Å². The summed E-state index contributed by atoms with van der Waals surface area (Å²) in [6, 6.07) is 17.8. The van der Waals surface area contributed by atoms with Crippen LogP contribution in [0.3, 0.4) is 0 Å². The van der Waals surface area contributed by atoms with Crippen molar-refractivity contribution in [3.05, 3.63) is 83.0 Å². The number of aromatic amines is 1. The number of aromatic nitrogens is 3. The minimum Gasteiger partial charge on any atom is -0.352 e. The van der Waals surface area contributed by atoms with E-state index in [1.54, 1.807) is 0 Å². The molecular formula is C25H26N4O2. The number of nitrogens with one attached hydrogen (secondary N) is 2. The number of fused-ring (bicyclic) bond motifs is 1. The van der Waals surface area contributed by atoms with Gasteiger partial charge in [0, 0.05) is 30.4 Å². The van der Waals surface area contributed by atoms with Crippen LogP contribution in [0.4, 0.5) is 0 Å². The van der Waals surface area contributed by atoms with Gasteiger partial charge in [-0.05, 0) is 29.7 Å². The number of H-pyrrole nitrogens is 1. The van der Waals surface area contributed by atoms with Gasteiger partial charge in [-0.15, -0.1) is 0 Å². The van der Waals surface area contributed by atoms with Gasteiger partial charge in [-0.3, -0.25) is 9.59 Å². The number of carbonyl (C=O) groups is 1. The van der Waals surface area contributed by atoms with E-state index in [-0.39, 0.29) is 11.5 Å². The Hall–Kier alpha value is -3.67. The normalized spacial score (nSPS) is 11.0. The lowest BCUT2D eigenvalue weighted by Gasteiger charge is -2.06. The molecule has 4 rings (SSSR count). The zero-order valence-corrected chi connectivity index (χ0v) is 17.6. The first-order chi connectivity index (χ1) is 15.2. The lowest BCUT2D eigenvalue weighted by atomic mass is 10.0. The quantitative estimate of drug-likeness (QED) is 0.414. The van der Waals surface area contributed by atoms with Crippen LogP contribution >= 0.6 is 0 Å². The zero-order valence-electron chi connectivity index (χ0n) is 17.6. The first-order valence-electron chi connectivity index (χ1n) is 10.7. The van der Waals surface area contributed by atoms with Gasteiger partial charge in [-0.25, -0.2) is 4.98 Å². The molecule has 0 spiro atoms. The Balaban J connectivity index is 1.59. The zero-order chi connectivity index (χ0) is 21.6. The van der Waals surface area contributed by atoms with Crippen LogP contribution < -0.4 is 10.9 Å². The van der Waals surface area contributed by atoms with Crippen LogP contribution in [0.15, 0.2) is 71.9 Å². The smallest absolute Gasteiger partial charge is 0.260 e. The standard InChI is InChI=1S/C25H26N4O2/c1-2-3-5-10-22(30)26-15-18-11-13-19(14-12-18)21-16-29(20-8-6-4-7-9-20)24-23(21)25(31)28-17-27-24/h4,6-9,11-14,16-17H,2-3,5,10,15H2,1H3,(H,26,30)(H,27,28,31). The van der Waals surface area contributed by atoms with Crippen molar-refractivity contribution in [3.63, 3.8) is 0 Å². The summed E-state index contributed by atoms with van der Waals surface area (Å²) >= 11 is 0. The molecule has 0 atom stereocenters. The van der Waals surface area contributed by atoms with E-state index in [9.17, 15) is 9.59 Å². The van der Waals surface area contributed by atoms with E-state index >= 15 is 0 Å². The van der Waals surface area contributed by atoms with Crippen molar-refractivity contribution < 1.29 is 4.79 Å². The molecule has 31 heavy (non-hydrogen) atoms. The van der Waals surface area contributed by atoms with Crippen LogP contribution in [0, 0.1) is 0 Å². The van der Waals surface area contributed by atoms with E-state index in [0.29, 0.717) is 24.0 Å². The molecule has 2 heterocycles. The summed E-state index contributed by atoms with van der Waals surface area (Å²) in [4.78, 5) is 31.7. The van der Waals surface area contributed by atoms with E-state index in [4.69, 9.17) is 0 Å².